The SMILES string of the molecule is C=C(CC)CN1CC(C)C(N)C1. The van der Waals surface area contributed by atoms with Crippen molar-refractivity contribution in [3.8, 4) is 0 Å². The van der Waals surface area contributed by atoms with Gasteiger partial charge in [-0.15, -0.1) is 0 Å². The van der Waals surface area contributed by atoms with Crippen molar-refractivity contribution in [2.24, 2.45) is 11.7 Å². The number of hydrogen-bond acceptors (Lipinski definition) is 2. The average molecular weight is 168 g/mol. The first-order valence-electron chi connectivity index (χ1n) is 4.78. The minimum absolute atomic E-state index is 0.370. The summed E-state index contributed by atoms with van der Waals surface area (Å²) in [5.74, 6) is 0.648. The number of nitrogens with two attached hydrogens (primary N) is 1. The second kappa shape index (κ2) is 4.06. The molecule has 70 valence electrons. The predicted molar refractivity (Wildman–Crippen MR) is 53.0 cm³/mol. The van der Waals surface area contributed by atoms with E-state index in [2.05, 4.69) is 25.3 Å². The maximum atomic E-state index is 5.91. The molecular formula is C10H20N2. The molecule has 0 saturated carbocycles. The first-order valence-corrected chi connectivity index (χ1v) is 4.78. The van der Waals surface area contributed by atoms with Gasteiger partial charge in [0.15, 0.2) is 0 Å². The normalized spacial score (nSPS) is 30.9. The van der Waals surface area contributed by atoms with E-state index in [0.717, 1.165) is 26.1 Å². The molecule has 1 heterocycles. The van der Waals surface area contributed by atoms with Crippen LogP contribution in [0, 0.1) is 5.92 Å². The number of nitrogens with zero attached hydrogens (tertiary/aromatic N) is 1. The van der Waals surface area contributed by atoms with Crippen molar-refractivity contribution >= 4 is 0 Å². The molecule has 0 radical (unpaired) electrons. The highest BCUT2D eigenvalue weighted by molar-refractivity contribution is 4.98. The standard InChI is InChI=1S/C10H20N2/c1-4-8(2)5-12-6-9(3)10(11)7-12/h9-10H,2,4-7,11H2,1,3H3. The van der Waals surface area contributed by atoms with Crippen LogP contribution in [0.15, 0.2) is 12.2 Å². The zero-order chi connectivity index (χ0) is 9.14. The van der Waals surface area contributed by atoms with Crippen molar-refractivity contribution < 1.29 is 0 Å². The van der Waals surface area contributed by atoms with Crippen molar-refractivity contribution in [3.05, 3.63) is 12.2 Å². The van der Waals surface area contributed by atoms with E-state index in [-0.39, 0.29) is 0 Å². The van der Waals surface area contributed by atoms with E-state index >= 15 is 0 Å². The summed E-state index contributed by atoms with van der Waals surface area (Å²) in [5.41, 5.74) is 7.23. The van der Waals surface area contributed by atoms with Crippen LogP contribution < -0.4 is 5.73 Å². The fourth-order valence-electron chi connectivity index (χ4n) is 1.65. The highest BCUT2D eigenvalue weighted by atomic mass is 15.2. The molecule has 0 aliphatic carbocycles. The summed E-state index contributed by atoms with van der Waals surface area (Å²) in [4.78, 5) is 2.40. The Morgan fingerprint density at radius 1 is 1.58 bits per heavy atom. The zero-order valence-corrected chi connectivity index (χ0v) is 8.21. The summed E-state index contributed by atoms with van der Waals surface area (Å²) >= 11 is 0. The topological polar surface area (TPSA) is 29.3 Å². The third-order valence-corrected chi connectivity index (χ3v) is 2.69. The Balaban J connectivity index is 2.32. The molecule has 1 rings (SSSR count). The van der Waals surface area contributed by atoms with Gasteiger partial charge in [0.1, 0.15) is 0 Å². The van der Waals surface area contributed by atoms with Crippen LogP contribution in [0.3, 0.4) is 0 Å². The number of likely N-dealkylation sites (tertiary alicyclic amines) is 1. The van der Waals surface area contributed by atoms with Gasteiger partial charge in [-0.05, 0) is 12.3 Å². The molecule has 0 aromatic heterocycles. The van der Waals surface area contributed by atoms with Crippen LogP contribution in [0.5, 0.6) is 0 Å². The third kappa shape index (κ3) is 2.32. The van der Waals surface area contributed by atoms with Gasteiger partial charge in [0, 0.05) is 25.7 Å². The highest BCUT2D eigenvalue weighted by Gasteiger charge is 2.25. The third-order valence-electron chi connectivity index (χ3n) is 2.69. The lowest BCUT2D eigenvalue weighted by Crippen LogP contribution is -2.29. The maximum absolute atomic E-state index is 5.91. The van der Waals surface area contributed by atoms with Gasteiger partial charge in [0.25, 0.3) is 0 Å². The average Bonchev–Trinajstić information content (AvgIpc) is 2.31. The van der Waals surface area contributed by atoms with Crippen molar-refractivity contribution in [2.75, 3.05) is 19.6 Å². The van der Waals surface area contributed by atoms with Gasteiger partial charge in [-0.2, -0.15) is 0 Å². The van der Waals surface area contributed by atoms with Crippen LogP contribution in [-0.2, 0) is 0 Å². The Labute approximate surface area is 75.4 Å². The lowest BCUT2D eigenvalue weighted by atomic mass is 10.1. The first kappa shape index (κ1) is 9.75. The molecule has 2 nitrogen and oxygen atoms in total. The van der Waals surface area contributed by atoms with Crippen molar-refractivity contribution in [1.29, 1.82) is 0 Å². The Morgan fingerprint density at radius 3 is 2.67 bits per heavy atom. The van der Waals surface area contributed by atoms with Gasteiger partial charge >= 0.3 is 0 Å². The minimum atomic E-state index is 0.370. The summed E-state index contributed by atoms with van der Waals surface area (Å²) in [6, 6.07) is 0.370. The zero-order valence-electron chi connectivity index (χ0n) is 8.21. The smallest absolute Gasteiger partial charge is 0.0206 e. The largest absolute Gasteiger partial charge is 0.326 e. The van der Waals surface area contributed by atoms with E-state index in [0.29, 0.717) is 12.0 Å². The first-order chi connectivity index (χ1) is 5.63. The van der Waals surface area contributed by atoms with Gasteiger partial charge in [-0.3, -0.25) is 4.90 Å². The molecule has 12 heavy (non-hydrogen) atoms. The molecule has 0 spiro atoms. The lowest BCUT2D eigenvalue weighted by Gasteiger charge is -2.15. The molecule has 2 atom stereocenters. The maximum Gasteiger partial charge on any atom is 0.0206 e. The van der Waals surface area contributed by atoms with Gasteiger partial charge in [-0.1, -0.05) is 26.0 Å². The monoisotopic (exact) mass is 168 g/mol. The second-order valence-corrected chi connectivity index (χ2v) is 3.94. The van der Waals surface area contributed by atoms with E-state index in [1.807, 2.05) is 0 Å². The number of rotatable bonds is 3. The molecule has 1 aliphatic heterocycles. The van der Waals surface area contributed by atoms with Crippen molar-refractivity contribution in [1.82, 2.24) is 4.90 Å². The van der Waals surface area contributed by atoms with Crippen LogP contribution in [-0.4, -0.2) is 30.6 Å². The molecule has 0 amide bonds. The molecular weight excluding hydrogens is 148 g/mol. The molecule has 2 N–H and O–H groups in total. The van der Waals surface area contributed by atoms with Crippen LogP contribution in [0.25, 0.3) is 0 Å². The Morgan fingerprint density at radius 2 is 2.25 bits per heavy atom. The summed E-state index contributed by atoms with van der Waals surface area (Å²) in [6.45, 7) is 11.6. The Bertz CT molecular complexity index is 155. The second-order valence-electron chi connectivity index (χ2n) is 3.94. The van der Waals surface area contributed by atoms with Crippen LogP contribution in [0.2, 0.25) is 0 Å². The van der Waals surface area contributed by atoms with Crippen LogP contribution in [0.4, 0.5) is 0 Å². The highest BCUT2D eigenvalue weighted by Crippen LogP contribution is 2.15. The molecule has 2 unspecified atom stereocenters. The molecule has 1 fully saturated rings. The molecule has 0 aromatic rings. The summed E-state index contributed by atoms with van der Waals surface area (Å²) < 4.78 is 0. The molecule has 1 saturated heterocycles. The van der Waals surface area contributed by atoms with Gasteiger partial charge in [0.2, 0.25) is 0 Å². The predicted octanol–water partition coefficient (Wildman–Crippen LogP) is 1.23. The Hall–Kier alpha value is -0.340. The van der Waals surface area contributed by atoms with E-state index in [1.54, 1.807) is 0 Å². The van der Waals surface area contributed by atoms with Crippen LogP contribution >= 0.6 is 0 Å². The summed E-state index contributed by atoms with van der Waals surface area (Å²) in [7, 11) is 0. The summed E-state index contributed by atoms with van der Waals surface area (Å²) in [6.07, 6.45) is 1.08. The van der Waals surface area contributed by atoms with Gasteiger partial charge < -0.3 is 5.73 Å². The quantitative estimate of drug-likeness (QED) is 0.642. The van der Waals surface area contributed by atoms with Gasteiger partial charge in [0.05, 0.1) is 0 Å². The van der Waals surface area contributed by atoms with E-state index < -0.39 is 0 Å². The van der Waals surface area contributed by atoms with Gasteiger partial charge in [-0.25, -0.2) is 0 Å². The van der Waals surface area contributed by atoms with Crippen molar-refractivity contribution in [3.63, 3.8) is 0 Å². The van der Waals surface area contributed by atoms with E-state index in [4.69, 9.17) is 5.73 Å². The van der Waals surface area contributed by atoms with E-state index in [9.17, 15) is 0 Å². The molecule has 1 aliphatic rings. The molecule has 0 bridgehead atoms. The lowest BCUT2D eigenvalue weighted by molar-refractivity contribution is 0.352. The number of hydrogen-bond donors (Lipinski definition) is 1. The minimum Gasteiger partial charge on any atom is -0.326 e. The fourth-order valence-corrected chi connectivity index (χ4v) is 1.65. The summed E-state index contributed by atoms with van der Waals surface area (Å²) in [5, 5.41) is 0. The van der Waals surface area contributed by atoms with Crippen molar-refractivity contribution in [2.45, 2.75) is 26.3 Å². The van der Waals surface area contributed by atoms with Crippen LogP contribution in [0.1, 0.15) is 20.3 Å². The molecule has 2 heteroatoms. The molecule has 0 aromatic carbocycles. The van der Waals surface area contributed by atoms with E-state index in [1.165, 1.54) is 5.57 Å². The fraction of sp³-hybridized carbons (Fsp3) is 0.800. The Kier molecular flexibility index (Phi) is 3.29.